The molecule has 0 fully saturated rings. The zero-order valence-corrected chi connectivity index (χ0v) is 11.4. The van der Waals surface area contributed by atoms with Gasteiger partial charge < -0.3 is 11.1 Å². The van der Waals surface area contributed by atoms with E-state index >= 15 is 0 Å². The minimum absolute atomic E-state index is 0.163. The predicted molar refractivity (Wildman–Crippen MR) is 75.5 cm³/mol. The fourth-order valence-electron chi connectivity index (χ4n) is 1.64. The maximum Gasteiger partial charge on any atom is 0.193 e. The minimum Gasteiger partial charge on any atom is -0.370 e. The van der Waals surface area contributed by atoms with E-state index in [4.69, 9.17) is 5.73 Å². The van der Waals surface area contributed by atoms with E-state index in [0.717, 1.165) is 5.69 Å². The normalized spacial score (nSPS) is 12.9. The second kappa shape index (κ2) is 5.21. The van der Waals surface area contributed by atoms with Crippen molar-refractivity contribution < 1.29 is 0 Å². The smallest absolute Gasteiger partial charge is 0.193 e. The monoisotopic (exact) mass is 233 g/mol. The highest BCUT2D eigenvalue weighted by atomic mass is 15.1. The number of aliphatic imine (C=N–C) groups is 1. The number of rotatable bonds is 2. The maximum absolute atomic E-state index is 5.90. The Bertz CT molecular complexity index is 400. The maximum atomic E-state index is 5.90. The highest BCUT2D eigenvalue weighted by Gasteiger charge is 2.10. The van der Waals surface area contributed by atoms with Crippen LogP contribution in [0.25, 0.3) is 0 Å². The van der Waals surface area contributed by atoms with Gasteiger partial charge in [-0.1, -0.05) is 32.0 Å². The fraction of sp³-hybridized carbons (Fsp3) is 0.500. The highest BCUT2D eigenvalue weighted by molar-refractivity contribution is 5.93. The molecule has 0 saturated carbocycles. The molecule has 0 aliphatic heterocycles. The van der Waals surface area contributed by atoms with E-state index in [0.29, 0.717) is 11.9 Å². The van der Waals surface area contributed by atoms with Gasteiger partial charge in [0.05, 0.1) is 5.54 Å². The molecule has 0 saturated heterocycles. The first-order valence-electron chi connectivity index (χ1n) is 6.01. The molecule has 3 N–H and O–H groups in total. The molecule has 0 heterocycles. The van der Waals surface area contributed by atoms with E-state index in [-0.39, 0.29) is 5.54 Å². The third-order valence-corrected chi connectivity index (χ3v) is 2.30. The number of nitrogens with zero attached hydrogens (tertiary/aromatic N) is 1. The van der Waals surface area contributed by atoms with Crippen LogP contribution in [-0.2, 0) is 0 Å². The van der Waals surface area contributed by atoms with Gasteiger partial charge in [-0.15, -0.1) is 0 Å². The number of nitrogens with one attached hydrogen (secondary N) is 1. The summed E-state index contributed by atoms with van der Waals surface area (Å²) >= 11 is 0. The molecule has 3 heteroatoms. The summed E-state index contributed by atoms with van der Waals surface area (Å²) < 4.78 is 0. The van der Waals surface area contributed by atoms with E-state index in [9.17, 15) is 0 Å². The van der Waals surface area contributed by atoms with Gasteiger partial charge in [-0.2, -0.15) is 0 Å². The van der Waals surface area contributed by atoms with Crippen molar-refractivity contribution in [2.45, 2.75) is 46.1 Å². The highest BCUT2D eigenvalue weighted by Crippen LogP contribution is 2.23. The third kappa shape index (κ3) is 4.47. The SMILES string of the molecule is CC(C)c1ccccc1NC(N)=NC(C)(C)C. The standard InChI is InChI=1S/C14H23N3/c1-10(2)11-8-6-7-9-12(11)16-13(15)17-14(3,4)5/h6-10H,1-5H3,(H3,15,16,17). The summed E-state index contributed by atoms with van der Waals surface area (Å²) in [6.45, 7) is 10.4. The zero-order valence-electron chi connectivity index (χ0n) is 11.4. The van der Waals surface area contributed by atoms with E-state index in [2.05, 4.69) is 30.2 Å². The summed E-state index contributed by atoms with van der Waals surface area (Å²) in [6, 6.07) is 8.17. The molecule has 0 aromatic heterocycles. The van der Waals surface area contributed by atoms with Crippen molar-refractivity contribution in [2.75, 3.05) is 5.32 Å². The third-order valence-electron chi connectivity index (χ3n) is 2.30. The average molecular weight is 233 g/mol. The topological polar surface area (TPSA) is 50.4 Å². The number of para-hydroxylation sites is 1. The van der Waals surface area contributed by atoms with Crippen LogP contribution in [0.1, 0.15) is 46.1 Å². The lowest BCUT2D eigenvalue weighted by atomic mass is 10.0. The van der Waals surface area contributed by atoms with Gasteiger partial charge in [-0.3, -0.25) is 0 Å². The Hall–Kier alpha value is -1.51. The average Bonchev–Trinajstić information content (AvgIpc) is 2.14. The molecule has 0 bridgehead atoms. The first-order chi connectivity index (χ1) is 7.79. The number of hydrogen-bond acceptors (Lipinski definition) is 1. The van der Waals surface area contributed by atoms with Gasteiger partial charge >= 0.3 is 0 Å². The van der Waals surface area contributed by atoms with Gasteiger partial charge in [0, 0.05) is 5.69 Å². The summed E-state index contributed by atoms with van der Waals surface area (Å²) in [7, 11) is 0. The second-order valence-corrected chi connectivity index (χ2v) is 5.53. The lowest BCUT2D eigenvalue weighted by Gasteiger charge is -2.17. The molecule has 0 aliphatic rings. The van der Waals surface area contributed by atoms with Crippen molar-refractivity contribution in [3.05, 3.63) is 29.8 Å². The largest absolute Gasteiger partial charge is 0.370 e. The predicted octanol–water partition coefficient (Wildman–Crippen LogP) is 3.34. The number of guanidine groups is 1. The van der Waals surface area contributed by atoms with Gasteiger partial charge in [0.1, 0.15) is 0 Å². The molecular weight excluding hydrogens is 210 g/mol. The van der Waals surface area contributed by atoms with Crippen molar-refractivity contribution in [2.24, 2.45) is 10.7 Å². The molecule has 0 aliphatic carbocycles. The van der Waals surface area contributed by atoms with Crippen LogP contribution in [0.2, 0.25) is 0 Å². The Morgan fingerprint density at radius 3 is 2.35 bits per heavy atom. The van der Waals surface area contributed by atoms with Crippen LogP contribution in [0.4, 0.5) is 5.69 Å². The van der Waals surface area contributed by atoms with Crippen molar-refractivity contribution in [1.29, 1.82) is 0 Å². The fourth-order valence-corrected chi connectivity index (χ4v) is 1.64. The molecule has 0 amide bonds. The molecule has 94 valence electrons. The van der Waals surface area contributed by atoms with Gasteiger partial charge in [0.2, 0.25) is 0 Å². The number of hydrogen-bond donors (Lipinski definition) is 2. The van der Waals surface area contributed by atoms with Crippen LogP contribution >= 0.6 is 0 Å². The summed E-state index contributed by atoms with van der Waals surface area (Å²) in [6.07, 6.45) is 0. The molecule has 1 aromatic carbocycles. The molecule has 0 radical (unpaired) electrons. The van der Waals surface area contributed by atoms with Crippen LogP contribution in [0.15, 0.2) is 29.3 Å². The van der Waals surface area contributed by atoms with Crippen LogP contribution < -0.4 is 11.1 Å². The van der Waals surface area contributed by atoms with Crippen molar-refractivity contribution >= 4 is 11.6 Å². The van der Waals surface area contributed by atoms with Gasteiger partial charge in [0.15, 0.2) is 5.96 Å². The number of benzene rings is 1. The lowest BCUT2D eigenvalue weighted by Crippen LogP contribution is -2.27. The lowest BCUT2D eigenvalue weighted by molar-refractivity contribution is 0.583. The summed E-state index contributed by atoms with van der Waals surface area (Å²) in [5.74, 6) is 0.923. The Morgan fingerprint density at radius 1 is 1.24 bits per heavy atom. The minimum atomic E-state index is -0.163. The quantitative estimate of drug-likeness (QED) is 0.608. The molecule has 17 heavy (non-hydrogen) atoms. The molecule has 1 aromatic rings. The van der Waals surface area contributed by atoms with Crippen molar-refractivity contribution in [3.8, 4) is 0 Å². The Labute approximate surface area is 104 Å². The first-order valence-corrected chi connectivity index (χ1v) is 6.01. The Balaban J connectivity index is 2.92. The Kier molecular flexibility index (Phi) is 4.16. The number of nitrogens with two attached hydrogens (primary N) is 1. The van der Waals surface area contributed by atoms with E-state index < -0.39 is 0 Å². The molecule has 0 atom stereocenters. The van der Waals surface area contributed by atoms with E-state index in [1.807, 2.05) is 39.0 Å². The summed E-state index contributed by atoms with van der Waals surface area (Å²) in [4.78, 5) is 4.39. The molecule has 0 spiro atoms. The molecular formula is C14H23N3. The van der Waals surface area contributed by atoms with Crippen LogP contribution in [0.5, 0.6) is 0 Å². The summed E-state index contributed by atoms with van der Waals surface area (Å²) in [5.41, 5.74) is 8.02. The Morgan fingerprint density at radius 2 is 1.82 bits per heavy atom. The van der Waals surface area contributed by atoms with Gasteiger partial charge in [0.25, 0.3) is 0 Å². The summed E-state index contributed by atoms with van der Waals surface area (Å²) in [5, 5.41) is 3.18. The van der Waals surface area contributed by atoms with Crippen LogP contribution in [-0.4, -0.2) is 11.5 Å². The van der Waals surface area contributed by atoms with E-state index in [1.54, 1.807) is 0 Å². The van der Waals surface area contributed by atoms with Gasteiger partial charge in [-0.05, 0) is 38.3 Å². The van der Waals surface area contributed by atoms with Crippen LogP contribution in [0, 0.1) is 0 Å². The van der Waals surface area contributed by atoms with Crippen molar-refractivity contribution in [1.82, 2.24) is 0 Å². The van der Waals surface area contributed by atoms with E-state index in [1.165, 1.54) is 5.56 Å². The van der Waals surface area contributed by atoms with Crippen molar-refractivity contribution in [3.63, 3.8) is 0 Å². The second-order valence-electron chi connectivity index (χ2n) is 5.53. The van der Waals surface area contributed by atoms with Crippen LogP contribution in [0.3, 0.4) is 0 Å². The molecule has 1 rings (SSSR count). The number of anilines is 1. The molecule has 0 unspecified atom stereocenters. The first kappa shape index (κ1) is 13.6. The zero-order chi connectivity index (χ0) is 13.1. The van der Waals surface area contributed by atoms with Gasteiger partial charge in [-0.25, -0.2) is 4.99 Å². The molecule has 3 nitrogen and oxygen atoms in total.